The molecule has 94 valence electrons. The van der Waals surface area contributed by atoms with Gasteiger partial charge in [0.05, 0.1) is 17.2 Å². The number of rotatable bonds is 2. The molecule has 0 saturated heterocycles. The quantitative estimate of drug-likeness (QED) is 0.562. The largest absolute Gasteiger partial charge is 0.348 e. The molecule has 2 rings (SSSR count). The van der Waals surface area contributed by atoms with E-state index < -0.39 is 0 Å². The van der Waals surface area contributed by atoms with E-state index in [2.05, 4.69) is 20.6 Å². The molecule has 2 aromatic rings. The molecule has 18 heavy (non-hydrogen) atoms. The zero-order valence-corrected chi connectivity index (χ0v) is 11.1. The van der Waals surface area contributed by atoms with E-state index in [0.717, 1.165) is 22.3 Å². The number of anilines is 1. The second kappa shape index (κ2) is 5.24. The molecule has 1 heterocycles. The lowest BCUT2D eigenvalue weighted by Crippen LogP contribution is -2.41. The fraction of sp³-hybridized carbons (Fsp3) is 0.250. The van der Waals surface area contributed by atoms with Gasteiger partial charge in [0.15, 0.2) is 5.11 Å². The summed E-state index contributed by atoms with van der Waals surface area (Å²) in [6, 6.07) is 3.84. The van der Waals surface area contributed by atoms with Crippen molar-refractivity contribution >= 4 is 34.1 Å². The summed E-state index contributed by atoms with van der Waals surface area (Å²) in [5.74, 6) is 0. The first kappa shape index (κ1) is 12.7. The third-order valence-corrected chi connectivity index (χ3v) is 2.72. The number of nitrogens with one attached hydrogen (secondary N) is 2. The first-order valence-corrected chi connectivity index (χ1v) is 6.02. The van der Waals surface area contributed by atoms with E-state index in [1.807, 2.05) is 26.0 Å². The zero-order chi connectivity index (χ0) is 13.1. The number of thiocarbonyl (C=S) groups is 1. The van der Waals surface area contributed by atoms with Gasteiger partial charge in [0.1, 0.15) is 0 Å². The fourth-order valence-electron chi connectivity index (χ4n) is 1.68. The van der Waals surface area contributed by atoms with Crippen LogP contribution in [0.3, 0.4) is 0 Å². The van der Waals surface area contributed by atoms with Crippen LogP contribution < -0.4 is 16.4 Å². The average Bonchev–Trinajstić information content (AvgIpc) is 2.32. The lowest BCUT2D eigenvalue weighted by Gasteiger charge is -2.15. The SMILES string of the molecule is Cc1c(NC(=S)NC(C)N)ccc2nccnc12. The van der Waals surface area contributed by atoms with Crippen molar-refractivity contribution in [1.82, 2.24) is 15.3 Å². The Labute approximate surface area is 111 Å². The van der Waals surface area contributed by atoms with Crippen molar-refractivity contribution in [2.75, 3.05) is 5.32 Å². The first-order valence-electron chi connectivity index (χ1n) is 5.61. The third-order valence-electron chi connectivity index (χ3n) is 2.50. The Bertz CT molecular complexity index is 582. The molecular weight excluding hydrogens is 246 g/mol. The molecule has 0 radical (unpaired) electrons. The first-order chi connectivity index (χ1) is 8.58. The Balaban J connectivity index is 2.29. The number of hydrogen-bond acceptors (Lipinski definition) is 4. The standard InChI is InChI=1S/C12H15N5S/c1-7-9(17-12(18)16-8(2)13)3-4-10-11(7)15-6-5-14-10/h3-6,8H,13H2,1-2H3,(H2,16,17,18). The molecule has 4 N–H and O–H groups in total. The minimum absolute atomic E-state index is 0.189. The van der Waals surface area contributed by atoms with Gasteiger partial charge in [-0.05, 0) is 38.2 Å². The zero-order valence-electron chi connectivity index (χ0n) is 10.3. The second-order valence-corrected chi connectivity index (χ2v) is 4.46. The van der Waals surface area contributed by atoms with Crippen LogP contribution in [0.25, 0.3) is 11.0 Å². The molecule has 1 atom stereocenters. The van der Waals surface area contributed by atoms with Crippen molar-refractivity contribution < 1.29 is 0 Å². The molecule has 0 bridgehead atoms. The minimum Gasteiger partial charge on any atom is -0.348 e. The predicted octanol–water partition coefficient (Wildman–Crippen LogP) is 1.53. The molecule has 5 nitrogen and oxygen atoms in total. The molecule has 0 aliphatic heterocycles. The van der Waals surface area contributed by atoms with Crippen molar-refractivity contribution in [3.63, 3.8) is 0 Å². The molecule has 6 heteroatoms. The molecule has 1 aromatic carbocycles. The van der Waals surface area contributed by atoms with Crippen molar-refractivity contribution in [2.45, 2.75) is 20.0 Å². The molecule has 0 fully saturated rings. The van der Waals surface area contributed by atoms with Gasteiger partial charge >= 0.3 is 0 Å². The highest BCUT2D eigenvalue weighted by Gasteiger charge is 2.07. The summed E-state index contributed by atoms with van der Waals surface area (Å²) in [4.78, 5) is 8.57. The van der Waals surface area contributed by atoms with Crippen LogP contribution in [0.2, 0.25) is 0 Å². The Kier molecular flexibility index (Phi) is 3.69. The lowest BCUT2D eigenvalue weighted by molar-refractivity contribution is 0.703. The summed E-state index contributed by atoms with van der Waals surface area (Å²) in [5.41, 5.74) is 9.26. The summed E-state index contributed by atoms with van der Waals surface area (Å²) in [6.45, 7) is 3.81. The summed E-state index contributed by atoms with van der Waals surface area (Å²) in [6.07, 6.45) is 3.17. The Morgan fingerprint density at radius 3 is 2.78 bits per heavy atom. The van der Waals surface area contributed by atoms with Crippen LogP contribution in [0.4, 0.5) is 5.69 Å². The van der Waals surface area contributed by atoms with E-state index in [4.69, 9.17) is 18.0 Å². The average molecular weight is 261 g/mol. The van der Waals surface area contributed by atoms with E-state index >= 15 is 0 Å². The van der Waals surface area contributed by atoms with Crippen LogP contribution in [0, 0.1) is 6.92 Å². The van der Waals surface area contributed by atoms with Gasteiger partial charge in [0.25, 0.3) is 0 Å². The summed E-state index contributed by atoms with van der Waals surface area (Å²) >= 11 is 5.16. The van der Waals surface area contributed by atoms with Gasteiger partial charge < -0.3 is 16.4 Å². The van der Waals surface area contributed by atoms with Gasteiger partial charge in [-0.15, -0.1) is 0 Å². The maximum atomic E-state index is 5.61. The predicted molar refractivity (Wildman–Crippen MR) is 77.3 cm³/mol. The maximum Gasteiger partial charge on any atom is 0.171 e. The fourth-order valence-corrected chi connectivity index (χ4v) is 1.97. The molecule has 0 aliphatic carbocycles. The Morgan fingerprint density at radius 1 is 1.33 bits per heavy atom. The highest BCUT2D eigenvalue weighted by Crippen LogP contribution is 2.22. The molecule has 0 aliphatic rings. The van der Waals surface area contributed by atoms with Gasteiger partial charge in [-0.1, -0.05) is 0 Å². The molecule has 0 spiro atoms. The van der Waals surface area contributed by atoms with Crippen molar-refractivity contribution in [3.8, 4) is 0 Å². The van der Waals surface area contributed by atoms with Crippen molar-refractivity contribution in [1.29, 1.82) is 0 Å². The van der Waals surface area contributed by atoms with E-state index in [-0.39, 0.29) is 6.17 Å². The third kappa shape index (κ3) is 2.72. The number of aromatic nitrogens is 2. The van der Waals surface area contributed by atoms with Gasteiger partial charge in [0, 0.05) is 23.6 Å². The molecule has 1 unspecified atom stereocenters. The van der Waals surface area contributed by atoms with Gasteiger partial charge in [-0.3, -0.25) is 9.97 Å². The van der Waals surface area contributed by atoms with E-state index in [1.54, 1.807) is 12.4 Å². The number of nitrogens with two attached hydrogens (primary N) is 1. The van der Waals surface area contributed by atoms with Gasteiger partial charge in [-0.2, -0.15) is 0 Å². The molecule has 0 saturated carbocycles. The second-order valence-electron chi connectivity index (χ2n) is 4.05. The number of hydrogen-bond donors (Lipinski definition) is 3. The lowest BCUT2D eigenvalue weighted by atomic mass is 10.1. The van der Waals surface area contributed by atoms with E-state index in [9.17, 15) is 0 Å². The van der Waals surface area contributed by atoms with Crippen LogP contribution in [0.1, 0.15) is 12.5 Å². The molecule has 1 aromatic heterocycles. The topological polar surface area (TPSA) is 75.9 Å². The van der Waals surface area contributed by atoms with Crippen LogP contribution >= 0.6 is 12.2 Å². The summed E-state index contributed by atoms with van der Waals surface area (Å²) in [7, 11) is 0. The number of nitrogens with zero attached hydrogens (tertiary/aromatic N) is 2. The smallest absolute Gasteiger partial charge is 0.171 e. The van der Waals surface area contributed by atoms with Crippen molar-refractivity contribution in [3.05, 3.63) is 30.1 Å². The summed E-state index contributed by atoms with van der Waals surface area (Å²) < 4.78 is 0. The Hall–Kier alpha value is -1.79. The highest BCUT2D eigenvalue weighted by atomic mass is 32.1. The molecule has 0 amide bonds. The number of aryl methyl sites for hydroxylation is 1. The minimum atomic E-state index is -0.189. The van der Waals surface area contributed by atoms with Crippen LogP contribution in [-0.4, -0.2) is 21.2 Å². The summed E-state index contributed by atoms with van der Waals surface area (Å²) in [5, 5.41) is 6.53. The van der Waals surface area contributed by atoms with Crippen LogP contribution in [-0.2, 0) is 0 Å². The number of benzene rings is 1. The van der Waals surface area contributed by atoms with Gasteiger partial charge in [0.2, 0.25) is 0 Å². The highest BCUT2D eigenvalue weighted by molar-refractivity contribution is 7.80. The molecular formula is C12H15N5S. The van der Waals surface area contributed by atoms with Crippen LogP contribution in [0.15, 0.2) is 24.5 Å². The van der Waals surface area contributed by atoms with E-state index in [1.165, 1.54) is 0 Å². The van der Waals surface area contributed by atoms with Crippen LogP contribution in [0.5, 0.6) is 0 Å². The monoisotopic (exact) mass is 261 g/mol. The maximum absolute atomic E-state index is 5.61. The van der Waals surface area contributed by atoms with Crippen molar-refractivity contribution in [2.24, 2.45) is 5.73 Å². The Morgan fingerprint density at radius 2 is 2.06 bits per heavy atom. The normalized spacial score (nSPS) is 12.2. The van der Waals surface area contributed by atoms with E-state index in [0.29, 0.717) is 5.11 Å². The number of fused-ring (bicyclic) bond motifs is 1. The van der Waals surface area contributed by atoms with Gasteiger partial charge in [-0.25, -0.2) is 0 Å².